The number of nitrogens with zero attached hydrogens (tertiary/aromatic N) is 2. The Morgan fingerprint density at radius 1 is 1.17 bits per heavy atom. The molecular formula is C20H21BrN2. The maximum atomic E-state index is 4.70. The van der Waals surface area contributed by atoms with E-state index in [9.17, 15) is 0 Å². The highest BCUT2D eigenvalue weighted by Gasteiger charge is 2.44. The molecule has 0 saturated carbocycles. The second-order valence-corrected chi connectivity index (χ2v) is 7.74. The van der Waals surface area contributed by atoms with Gasteiger partial charge in [0.2, 0.25) is 0 Å². The van der Waals surface area contributed by atoms with Crippen LogP contribution in [-0.2, 0) is 12.0 Å². The number of hydrogen-bond donors (Lipinski definition) is 0. The van der Waals surface area contributed by atoms with Crippen molar-refractivity contribution in [3.63, 3.8) is 0 Å². The molecule has 2 aromatic rings. The van der Waals surface area contributed by atoms with Gasteiger partial charge in [-0.2, -0.15) is 0 Å². The van der Waals surface area contributed by atoms with Crippen LogP contribution in [-0.4, -0.2) is 24.2 Å². The fourth-order valence-electron chi connectivity index (χ4n) is 4.05. The first-order valence-corrected chi connectivity index (χ1v) is 9.08. The van der Waals surface area contributed by atoms with E-state index in [0.29, 0.717) is 5.92 Å². The second kappa shape index (κ2) is 5.88. The zero-order valence-electron chi connectivity index (χ0n) is 13.4. The van der Waals surface area contributed by atoms with Gasteiger partial charge in [0.25, 0.3) is 0 Å². The molecule has 1 fully saturated rings. The number of piperidine rings is 1. The molecule has 2 heterocycles. The second-order valence-electron chi connectivity index (χ2n) is 6.83. The number of fused-ring (bicyclic) bond motifs is 2. The van der Waals surface area contributed by atoms with Gasteiger partial charge in [-0.15, -0.1) is 0 Å². The summed E-state index contributed by atoms with van der Waals surface area (Å²) in [5.74, 6) is 0.582. The van der Waals surface area contributed by atoms with Crippen LogP contribution in [0.25, 0.3) is 0 Å². The van der Waals surface area contributed by atoms with Gasteiger partial charge in [0.05, 0.1) is 5.69 Å². The molecule has 2 aliphatic rings. The van der Waals surface area contributed by atoms with Gasteiger partial charge in [-0.3, -0.25) is 9.89 Å². The van der Waals surface area contributed by atoms with Gasteiger partial charge >= 0.3 is 0 Å². The van der Waals surface area contributed by atoms with Crippen molar-refractivity contribution in [3.05, 3.63) is 64.1 Å². The minimum atomic E-state index is 0.146. The molecule has 2 nitrogen and oxygen atoms in total. The maximum absolute atomic E-state index is 4.70. The highest BCUT2D eigenvalue weighted by molar-refractivity contribution is 9.10. The Hall–Kier alpha value is -1.45. The zero-order valence-corrected chi connectivity index (χ0v) is 15.0. The summed E-state index contributed by atoms with van der Waals surface area (Å²) in [6, 6.07) is 17.3. The molecule has 2 aromatic carbocycles. The number of hydrogen-bond acceptors (Lipinski definition) is 2. The highest BCUT2D eigenvalue weighted by Crippen LogP contribution is 2.46. The van der Waals surface area contributed by atoms with Crippen molar-refractivity contribution in [3.8, 4) is 0 Å². The molecule has 118 valence electrons. The van der Waals surface area contributed by atoms with Crippen molar-refractivity contribution in [1.29, 1.82) is 0 Å². The third-order valence-corrected chi connectivity index (χ3v) is 5.94. The van der Waals surface area contributed by atoms with Gasteiger partial charge in [-0.1, -0.05) is 53.2 Å². The van der Waals surface area contributed by atoms with Gasteiger partial charge in [-0.05, 0) is 48.2 Å². The van der Waals surface area contributed by atoms with Gasteiger partial charge in [0, 0.05) is 29.2 Å². The van der Waals surface area contributed by atoms with E-state index in [1.54, 1.807) is 0 Å². The van der Waals surface area contributed by atoms with E-state index < -0.39 is 0 Å². The topological polar surface area (TPSA) is 15.6 Å². The molecule has 2 aliphatic heterocycles. The fraction of sp³-hybridized carbons (Fsp3) is 0.350. The molecule has 0 radical (unpaired) electrons. The summed E-state index contributed by atoms with van der Waals surface area (Å²) >= 11 is 3.51. The lowest BCUT2D eigenvalue weighted by molar-refractivity contribution is 0.134. The predicted octanol–water partition coefficient (Wildman–Crippen LogP) is 4.94. The average molecular weight is 369 g/mol. The van der Waals surface area contributed by atoms with Crippen molar-refractivity contribution >= 4 is 27.8 Å². The number of rotatable bonds is 2. The minimum absolute atomic E-state index is 0.146. The summed E-state index contributed by atoms with van der Waals surface area (Å²) in [6.07, 6.45) is 3.38. The Morgan fingerprint density at radius 3 is 2.74 bits per heavy atom. The first-order chi connectivity index (χ1) is 11.2. The van der Waals surface area contributed by atoms with Crippen molar-refractivity contribution in [2.45, 2.75) is 25.3 Å². The van der Waals surface area contributed by atoms with Crippen molar-refractivity contribution in [2.75, 3.05) is 13.1 Å². The molecule has 3 heteroatoms. The fourth-order valence-corrected chi connectivity index (χ4v) is 4.31. The summed E-state index contributed by atoms with van der Waals surface area (Å²) in [5, 5.41) is 0. The largest absolute Gasteiger partial charge is 0.299 e. The lowest BCUT2D eigenvalue weighted by Crippen LogP contribution is -2.48. The Morgan fingerprint density at radius 2 is 1.96 bits per heavy atom. The lowest BCUT2D eigenvalue weighted by atomic mass is 9.68. The van der Waals surface area contributed by atoms with Crippen molar-refractivity contribution < 1.29 is 0 Å². The molecule has 2 atom stereocenters. The summed E-state index contributed by atoms with van der Waals surface area (Å²) < 4.78 is 1.14. The van der Waals surface area contributed by atoms with Crippen LogP contribution in [0.4, 0.5) is 5.69 Å². The van der Waals surface area contributed by atoms with Crippen LogP contribution in [0.1, 0.15) is 24.5 Å². The molecule has 0 N–H and O–H groups in total. The van der Waals surface area contributed by atoms with Gasteiger partial charge < -0.3 is 0 Å². The van der Waals surface area contributed by atoms with Gasteiger partial charge in [0.1, 0.15) is 0 Å². The SMILES string of the molecule is CC1CN(Cc2ccc(Br)cc2)CCC12C=Nc1ccccc12. The predicted molar refractivity (Wildman–Crippen MR) is 99.5 cm³/mol. The molecule has 23 heavy (non-hydrogen) atoms. The van der Waals surface area contributed by atoms with E-state index in [1.807, 2.05) is 0 Å². The summed E-state index contributed by atoms with van der Waals surface area (Å²) in [6.45, 7) is 5.66. The normalized spacial score (nSPS) is 26.6. The van der Waals surface area contributed by atoms with E-state index in [4.69, 9.17) is 4.99 Å². The Labute approximate surface area is 146 Å². The first-order valence-electron chi connectivity index (χ1n) is 8.29. The number of benzene rings is 2. The Kier molecular flexibility index (Phi) is 3.86. The molecule has 0 aliphatic carbocycles. The highest BCUT2D eigenvalue weighted by atomic mass is 79.9. The standard InChI is InChI=1S/C20H21BrN2/c1-15-12-23(13-16-6-8-17(21)9-7-16)11-10-20(15)14-22-19-5-3-2-4-18(19)20/h2-9,14-15H,10-13H2,1H3. The molecule has 2 unspecified atom stereocenters. The number of para-hydroxylation sites is 1. The minimum Gasteiger partial charge on any atom is -0.299 e. The van der Waals surface area contributed by atoms with Crippen LogP contribution in [0.3, 0.4) is 0 Å². The van der Waals surface area contributed by atoms with E-state index >= 15 is 0 Å². The molecule has 0 amide bonds. The maximum Gasteiger partial charge on any atom is 0.0667 e. The molecule has 4 rings (SSSR count). The third kappa shape index (κ3) is 2.66. The van der Waals surface area contributed by atoms with E-state index in [0.717, 1.165) is 30.5 Å². The number of likely N-dealkylation sites (tertiary alicyclic amines) is 1. The van der Waals surface area contributed by atoms with E-state index in [2.05, 4.69) is 82.5 Å². The summed E-state index contributed by atoms with van der Waals surface area (Å²) in [5.41, 5.74) is 4.13. The third-order valence-electron chi connectivity index (χ3n) is 5.41. The van der Waals surface area contributed by atoms with Gasteiger partial charge in [-0.25, -0.2) is 0 Å². The Bertz CT molecular complexity index is 738. The van der Waals surface area contributed by atoms with E-state index in [-0.39, 0.29) is 5.41 Å². The molecule has 1 saturated heterocycles. The first kappa shape index (κ1) is 15.1. The van der Waals surface area contributed by atoms with Crippen molar-refractivity contribution in [1.82, 2.24) is 4.90 Å². The Balaban J connectivity index is 1.51. The zero-order chi connectivity index (χ0) is 15.9. The monoisotopic (exact) mass is 368 g/mol. The number of aliphatic imine (C=N–C) groups is 1. The quantitative estimate of drug-likeness (QED) is 0.732. The number of halogens is 1. The van der Waals surface area contributed by atoms with Crippen LogP contribution in [0, 0.1) is 5.92 Å². The van der Waals surface area contributed by atoms with Gasteiger partial charge in [0.15, 0.2) is 0 Å². The summed E-state index contributed by atoms with van der Waals surface area (Å²) in [4.78, 5) is 7.27. The van der Waals surface area contributed by atoms with E-state index in [1.165, 1.54) is 16.8 Å². The summed E-state index contributed by atoms with van der Waals surface area (Å²) in [7, 11) is 0. The lowest BCUT2D eigenvalue weighted by Gasteiger charge is -2.43. The molecule has 1 spiro atoms. The van der Waals surface area contributed by atoms with Crippen molar-refractivity contribution in [2.24, 2.45) is 10.9 Å². The molecular weight excluding hydrogens is 348 g/mol. The van der Waals surface area contributed by atoms with Crippen LogP contribution < -0.4 is 0 Å². The smallest absolute Gasteiger partial charge is 0.0667 e. The van der Waals surface area contributed by atoms with Crippen LogP contribution in [0.2, 0.25) is 0 Å². The van der Waals surface area contributed by atoms with Crippen LogP contribution in [0.15, 0.2) is 58.0 Å². The van der Waals surface area contributed by atoms with Crippen LogP contribution in [0.5, 0.6) is 0 Å². The van der Waals surface area contributed by atoms with Crippen LogP contribution >= 0.6 is 15.9 Å². The average Bonchev–Trinajstić information content (AvgIpc) is 2.94. The molecule has 0 aromatic heterocycles. The molecule has 0 bridgehead atoms.